The van der Waals surface area contributed by atoms with Crippen molar-refractivity contribution in [2.45, 2.75) is 31.6 Å². The van der Waals surface area contributed by atoms with Gasteiger partial charge in [0.25, 0.3) is 0 Å². The summed E-state index contributed by atoms with van der Waals surface area (Å²) < 4.78 is 6.20. The molecular weight excluding hydrogens is 448 g/mol. The van der Waals surface area contributed by atoms with Crippen LogP contribution in [0.1, 0.15) is 36.9 Å². The van der Waals surface area contributed by atoms with Crippen LogP contribution in [-0.4, -0.2) is 38.8 Å². The maximum Gasteiger partial charge on any atom is 0.223 e. The van der Waals surface area contributed by atoms with Crippen molar-refractivity contribution in [3.05, 3.63) is 96.6 Å². The number of aromatic nitrogens is 3. The molecule has 3 aromatic carbocycles. The molecule has 0 atom stereocenters. The average Bonchev–Trinajstić information content (AvgIpc) is 3.58. The number of benzene rings is 3. The van der Waals surface area contributed by atoms with Gasteiger partial charge in [0, 0.05) is 43.0 Å². The highest BCUT2D eigenvalue weighted by Crippen LogP contribution is 2.33. The van der Waals surface area contributed by atoms with E-state index in [-0.39, 0.29) is 5.91 Å². The van der Waals surface area contributed by atoms with Crippen molar-refractivity contribution in [2.75, 3.05) is 13.1 Å². The number of rotatable bonds is 6. The van der Waals surface area contributed by atoms with Gasteiger partial charge in [-0.05, 0) is 25.0 Å². The van der Waals surface area contributed by atoms with Crippen LogP contribution in [0.25, 0.3) is 33.6 Å². The molecule has 1 aliphatic heterocycles. The van der Waals surface area contributed by atoms with Crippen LogP contribution in [0.2, 0.25) is 0 Å². The minimum atomic E-state index is 0.152. The summed E-state index contributed by atoms with van der Waals surface area (Å²) in [5, 5.41) is 0. The van der Waals surface area contributed by atoms with Crippen molar-refractivity contribution in [3.63, 3.8) is 0 Å². The molecule has 6 nitrogen and oxygen atoms in total. The van der Waals surface area contributed by atoms with Crippen LogP contribution >= 0.6 is 0 Å². The number of fused-ring (bicyclic) bond motifs is 1. The SMILES string of the molecule is O=C(CCc1nc(-c2ccccc2)c(-c2ccccc2)o1)N1CCC(c2nc3ccccc3[nH]2)CC1. The van der Waals surface area contributed by atoms with Crippen LogP contribution in [0.4, 0.5) is 0 Å². The molecule has 0 unspecified atom stereocenters. The van der Waals surface area contributed by atoms with Gasteiger partial charge in [0.05, 0.1) is 11.0 Å². The van der Waals surface area contributed by atoms with Crippen molar-refractivity contribution < 1.29 is 9.21 Å². The van der Waals surface area contributed by atoms with Gasteiger partial charge in [-0.1, -0.05) is 72.8 Å². The van der Waals surface area contributed by atoms with Gasteiger partial charge in [0.15, 0.2) is 11.7 Å². The number of para-hydroxylation sites is 2. The summed E-state index contributed by atoms with van der Waals surface area (Å²) in [5.41, 5.74) is 4.87. The number of nitrogens with zero attached hydrogens (tertiary/aromatic N) is 3. The molecule has 6 heteroatoms. The number of amides is 1. The van der Waals surface area contributed by atoms with Gasteiger partial charge in [-0.3, -0.25) is 4.79 Å². The second kappa shape index (κ2) is 9.82. The zero-order valence-corrected chi connectivity index (χ0v) is 20.1. The number of oxazole rings is 1. The Morgan fingerprint density at radius 1 is 0.861 bits per heavy atom. The number of hydrogen-bond acceptors (Lipinski definition) is 4. The number of piperidine rings is 1. The molecule has 1 amide bonds. The standard InChI is InChI=1S/C30H28N4O2/c35-27(34-19-17-23(18-20-34)30-31-24-13-7-8-14-25(24)32-30)16-15-26-33-28(21-9-3-1-4-10-21)29(36-26)22-11-5-2-6-12-22/h1-14,23H,15-20H2,(H,31,32). The van der Waals surface area contributed by atoms with Crippen LogP contribution in [0.5, 0.6) is 0 Å². The first kappa shape index (κ1) is 22.3. The first-order valence-corrected chi connectivity index (χ1v) is 12.6. The number of aryl methyl sites for hydroxylation is 1. The van der Waals surface area contributed by atoms with E-state index in [1.807, 2.05) is 83.8 Å². The molecule has 1 aliphatic rings. The van der Waals surface area contributed by atoms with Crippen LogP contribution in [0.3, 0.4) is 0 Å². The van der Waals surface area contributed by atoms with Crippen molar-refractivity contribution in [2.24, 2.45) is 0 Å². The van der Waals surface area contributed by atoms with Crippen molar-refractivity contribution in [1.82, 2.24) is 19.9 Å². The Morgan fingerprint density at radius 3 is 2.25 bits per heavy atom. The van der Waals surface area contributed by atoms with Gasteiger partial charge in [-0.2, -0.15) is 0 Å². The second-order valence-corrected chi connectivity index (χ2v) is 9.31. The molecule has 1 fully saturated rings. The largest absolute Gasteiger partial charge is 0.440 e. The normalized spacial score (nSPS) is 14.4. The van der Waals surface area contributed by atoms with Gasteiger partial charge in [-0.25, -0.2) is 9.97 Å². The maximum absolute atomic E-state index is 13.0. The number of nitrogens with one attached hydrogen (secondary N) is 1. The Balaban J connectivity index is 1.11. The number of hydrogen-bond donors (Lipinski definition) is 1. The molecule has 2 aromatic heterocycles. The van der Waals surface area contributed by atoms with E-state index >= 15 is 0 Å². The van der Waals surface area contributed by atoms with Gasteiger partial charge in [0.1, 0.15) is 11.5 Å². The smallest absolute Gasteiger partial charge is 0.223 e. The average molecular weight is 477 g/mol. The molecule has 5 aromatic rings. The van der Waals surface area contributed by atoms with Gasteiger partial charge in [-0.15, -0.1) is 0 Å². The molecule has 180 valence electrons. The van der Waals surface area contributed by atoms with Crippen LogP contribution < -0.4 is 0 Å². The first-order chi connectivity index (χ1) is 17.7. The minimum Gasteiger partial charge on any atom is -0.440 e. The lowest BCUT2D eigenvalue weighted by molar-refractivity contribution is -0.132. The highest BCUT2D eigenvalue weighted by Gasteiger charge is 2.26. The van der Waals surface area contributed by atoms with E-state index in [1.165, 1.54) is 0 Å². The lowest BCUT2D eigenvalue weighted by atomic mass is 9.96. The predicted molar refractivity (Wildman–Crippen MR) is 140 cm³/mol. The number of aromatic amines is 1. The number of imidazole rings is 1. The van der Waals surface area contributed by atoms with Gasteiger partial charge < -0.3 is 14.3 Å². The van der Waals surface area contributed by atoms with Crippen molar-refractivity contribution in [3.8, 4) is 22.6 Å². The molecule has 6 rings (SSSR count). The third-order valence-electron chi connectivity index (χ3n) is 6.95. The minimum absolute atomic E-state index is 0.152. The Labute approximate surface area is 210 Å². The topological polar surface area (TPSA) is 75.0 Å². The van der Waals surface area contributed by atoms with Gasteiger partial charge >= 0.3 is 0 Å². The summed E-state index contributed by atoms with van der Waals surface area (Å²) in [5.74, 6) is 2.88. The van der Waals surface area contributed by atoms with Crippen LogP contribution in [-0.2, 0) is 11.2 Å². The molecule has 1 saturated heterocycles. The number of H-pyrrole nitrogens is 1. The Hall–Kier alpha value is -4.19. The molecule has 1 N–H and O–H groups in total. The van der Waals surface area contributed by atoms with E-state index in [4.69, 9.17) is 14.4 Å². The molecule has 0 saturated carbocycles. The molecule has 36 heavy (non-hydrogen) atoms. The number of carbonyl (C=O) groups excluding carboxylic acids is 1. The Morgan fingerprint density at radius 2 is 1.53 bits per heavy atom. The molecule has 0 bridgehead atoms. The maximum atomic E-state index is 13.0. The first-order valence-electron chi connectivity index (χ1n) is 12.6. The monoisotopic (exact) mass is 476 g/mol. The van der Waals surface area contributed by atoms with E-state index < -0.39 is 0 Å². The van der Waals surface area contributed by atoms with E-state index in [0.717, 1.165) is 65.4 Å². The van der Waals surface area contributed by atoms with E-state index in [1.54, 1.807) is 0 Å². The fourth-order valence-corrected chi connectivity index (χ4v) is 4.99. The lowest BCUT2D eigenvalue weighted by Gasteiger charge is -2.31. The van der Waals surface area contributed by atoms with Crippen LogP contribution in [0.15, 0.2) is 89.3 Å². The molecule has 3 heterocycles. The fraction of sp³-hybridized carbons (Fsp3) is 0.233. The summed E-state index contributed by atoms with van der Waals surface area (Å²) in [6.45, 7) is 1.49. The fourth-order valence-electron chi connectivity index (χ4n) is 4.99. The predicted octanol–water partition coefficient (Wildman–Crippen LogP) is 6.22. The number of carbonyl (C=O) groups is 1. The third-order valence-corrected chi connectivity index (χ3v) is 6.95. The van der Waals surface area contributed by atoms with E-state index in [9.17, 15) is 4.79 Å². The summed E-state index contributed by atoms with van der Waals surface area (Å²) in [7, 11) is 0. The molecule has 0 radical (unpaired) electrons. The Kier molecular flexibility index (Phi) is 6.08. The zero-order chi connectivity index (χ0) is 24.3. The molecular formula is C30H28N4O2. The second-order valence-electron chi connectivity index (χ2n) is 9.31. The quantitative estimate of drug-likeness (QED) is 0.315. The van der Waals surface area contributed by atoms with E-state index in [2.05, 4.69) is 11.1 Å². The zero-order valence-electron chi connectivity index (χ0n) is 20.1. The highest BCUT2D eigenvalue weighted by atomic mass is 16.4. The summed E-state index contributed by atoms with van der Waals surface area (Å²) in [6, 6.07) is 28.2. The van der Waals surface area contributed by atoms with Gasteiger partial charge in [0.2, 0.25) is 5.91 Å². The Bertz CT molecular complexity index is 1370. The van der Waals surface area contributed by atoms with Crippen LogP contribution in [0, 0.1) is 0 Å². The summed E-state index contributed by atoms with van der Waals surface area (Å²) in [4.78, 5) is 28.0. The summed E-state index contributed by atoms with van der Waals surface area (Å²) in [6.07, 6.45) is 2.70. The number of likely N-dealkylation sites (tertiary alicyclic amines) is 1. The third kappa shape index (κ3) is 4.54. The van der Waals surface area contributed by atoms with Crippen molar-refractivity contribution >= 4 is 16.9 Å². The lowest BCUT2D eigenvalue weighted by Crippen LogP contribution is -2.38. The molecule has 0 spiro atoms. The summed E-state index contributed by atoms with van der Waals surface area (Å²) >= 11 is 0. The molecule has 0 aliphatic carbocycles. The van der Waals surface area contributed by atoms with Crippen molar-refractivity contribution in [1.29, 1.82) is 0 Å². The highest BCUT2D eigenvalue weighted by molar-refractivity contribution is 5.78. The van der Waals surface area contributed by atoms with E-state index in [0.29, 0.717) is 24.7 Å².